The van der Waals surface area contributed by atoms with Crippen LogP contribution in [0.2, 0.25) is 0 Å². The maximum Gasteiger partial charge on any atom is 0.407 e. The number of benzene rings is 1. The van der Waals surface area contributed by atoms with Gasteiger partial charge < -0.3 is 15.4 Å². The first kappa shape index (κ1) is 30.1. The van der Waals surface area contributed by atoms with Crippen molar-refractivity contribution < 1.29 is 13.9 Å². The zero-order valence-electron chi connectivity index (χ0n) is 25.1. The summed E-state index contributed by atoms with van der Waals surface area (Å²) in [4.78, 5) is 53.2. The lowest BCUT2D eigenvalue weighted by molar-refractivity contribution is 0.0456. The van der Waals surface area contributed by atoms with Crippen LogP contribution in [0.5, 0.6) is 0 Å². The van der Waals surface area contributed by atoms with Crippen molar-refractivity contribution in [2.45, 2.75) is 97.9 Å². The van der Waals surface area contributed by atoms with E-state index in [9.17, 15) is 23.6 Å². The molecule has 2 aliphatic carbocycles. The van der Waals surface area contributed by atoms with Gasteiger partial charge in [0, 0.05) is 30.7 Å². The molecule has 222 valence electrons. The molecule has 0 unspecified atom stereocenters. The van der Waals surface area contributed by atoms with Crippen LogP contribution in [0, 0.1) is 19.7 Å². The van der Waals surface area contributed by atoms with Crippen molar-refractivity contribution in [2.24, 2.45) is 7.05 Å². The molecule has 41 heavy (non-hydrogen) atoms. The van der Waals surface area contributed by atoms with Crippen LogP contribution in [-0.2, 0) is 11.8 Å². The van der Waals surface area contributed by atoms with Gasteiger partial charge in [0.15, 0.2) is 0 Å². The molecule has 2 heterocycles. The summed E-state index contributed by atoms with van der Waals surface area (Å²) in [6, 6.07) is 3.85. The van der Waals surface area contributed by atoms with Crippen molar-refractivity contribution in [1.29, 1.82) is 0 Å². The van der Waals surface area contributed by atoms with Crippen molar-refractivity contribution in [3.05, 3.63) is 66.3 Å². The van der Waals surface area contributed by atoms with Crippen LogP contribution in [0.25, 0.3) is 10.9 Å². The quantitative estimate of drug-likeness (QED) is 0.449. The molecule has 10 nitrogen and oxygen atoms in total. The number of carbonyl (C=O) groups excluding carboxylic acids is 1. The second-order valence-electron chi connectivity index (χ2n) is 11.7. The van der Waals surface area contributed by atoms with Crippen LogP contribution in [0.1, 0.15) is 83.5 Å². The Morgan fingerprint density at radius 3 is 2.20 bits per heavy atom. The first-order valence-electron chi connectivity index (χ1n) is 14.2. The van der Waals surface area contributed by atoms with Gasteiger partial charge in [-0.2, -0.15) is 0 Å². The summed E-state index contributed by atoms with van der Waals surface area (Å²) in [6.07, 6.45) is 1.73. The fourth-order valence-electron chi connectivity index (χ4n) is 5.22. The van der Waals surface area contributed by atoms with Gasteiger partial charge in [-0.25, -0.2) is 14.0 Å². The number of amides is 1. The van der Waals surface area contributed by atoms with Crippen molar-refractivity contribution in [3.8, 4) is 0 Å². The smallest absolute Gasteiger partial charge is 0.407 e. The summed E-state index contributed by atoms with van der Waals surface area (Å²) in [5.74, 6) is -0.402. The Balaban J connectivity index is 0.00000189. The average Bonchev–Trinajstić information content (AvgIpc) is 3.70. The van der Waals surface area contributed by atoms with Crippen LogP contribution in [-0.4, -0.2) is 31.4 Å². The van der Waals surface area contributed by atoms with E-state index < -0.39 is 34.3 Å². The van der Waals surface area contributed by atoms with E-state index in [1.165, 1.54) is 26.8 Å². The molecular weight excluding hydrogens is 529 g/mol. The topological polar surface area (TPSA) is 116 Å². The number of pyridine rings is 1. The first-order chi connectivity index (χ1) is 19.3. The Morgan fingerprint density at radius 1 is 1.00 bits per heavy atom. The number of alkyl carbamates (subject to hydrolysis) is 1. The van der Waals surface area contributed by atoms with Crippen LogP contribution < -0.4 is 27.4 Å². The molecule has 0 aliphatic heterocycles. The number of aromatic nitrogens is 3. The van der Waals surface area contributed by atoms with E-state index in [0.29, 0.717) is 25.7 Å². The highest BCUT2D eigenvalue weighted by atomic mass is 19.1. The highest BCUT2D eigenvalue weighted by Crippen LogP contribution is 2.37. The van der Waals surface area contributed by atoms with E-state index in [0.717, 1.165) is 5.56 Å². The standard InChI is InChI=1S/C28H34FN5O5.C2H6/c1-14-7-10-20(19(29)11-14)31-23-21-22(15(2)24(35)32(23)6)33(27(38)34(25(21)36)17-8-9-17)18-12-16(13-18)30-26(37)39-28(3,4)5;1-2/h7,10-11,16-18,31H,8-9,12-13H2,1-6H3,(H,30,37);1-2H3. The second-order valence-corrected chi connectivity index (χ2v) is 11.7. The van der Waals surface area contributed by atoms with Crippen LogP contribution in [0.4, 0.5) is 20.7 Å². The SMILES string of the molecule is CC.Cc1ccc(Nc2c3c(=O)n(C4CC4)c(=O)n(C4CC(NC(=O)OC(C)(C)C)C4)c3c(C)c(=O)n2C)c(F)c1. The minimum atomic E-state index is -0.641. The summed E-state index contributed by atoms with van der Waals surface area (Å²) < 4.78 is 24.2. The van der Waals surface area contributed by atoms with Crippen molar-refractivity contribution in [3.63, 3.8) is 0 Å². The Hall–Kier alpha value is -3.89. The third-order valence-electron chi connectivity index (χ3n) is 7.36. The molecule has 1 amide bonds. The lowest BCUT2D eigenvalue weighted by Gasteiger charge is -2.38. The number of carbonyl (C=O) groups is 1. The lowest BCUT2D eigenvalue weighted by atomic mass is 9.86. The molecule has 0 radical (unpaired) electrons. The van der Waals surface area contributed by atoms with Crippen LogP contribution >= 0.6 is 0 Å². The molecule has 5 rings (SSSR count). The van der Waals surface area contributed by atoms with E-state index in [2.05, 4.69) is 10.6 Å². The number of halogens is 1. The number of anilines is 2. The third kappa shape index (κ3) is 5.80. The number of rotatable bonds is 5. The summed E-state index contributed by atoms with van der Waals surface area (Å²) in [7, 11) is 1.52. The molecule has 3 aromatic rings. The number of ether oxygens (including phenoxy) is 1. The van der Waals surface area contributed by atoms with Gasteiger partial charge in [0.05, 0.1) is 11.2 Å². The normalized spacial score (nSPS) is 18.3. The number of nitrogens with zero attached hydrogens (tertiary/aromatic N) is 3. The van der Waals surface area contributed by atoms with Gasteiger partial charge >= 0.3 is 11.8 Å². The van der Waals surface area contributed by atoms with Crippen molar-refractivity contribution in [2.75, 3.05) is 5.32 Å². The molecule has 2 saturated carbocycles. The molecule has 11 heteroatoms. The first-order valence-corrected chi connectivity index (χ1v) is 14.2. The number of hydrogen-bond acceptors (Lipinski definition) is 6. The highest BCUT2D eigenvalue weighted by Gasteiger charge is 2.38. The summed E-state index contributed by atoms with van der Waals surface area (Å²) >= 11 is 0. The Morgan fingerprint density at radius 2 is 1.63 bits per heavy atom. The Kier molecular flexibility index (Phi) is 8.20. The van der Waals surface area contributed by atoms with Crippen molar-refractivity contribution >= 4 is 28.5 Å². The molecule has 0 atom stereocenters. The maximum atomic E-state index is 14.8. The fraction of sp³-hybridized carbons (Fsp3) is 0.533. The fourth-order valence-corrected chi connectivity index (χ4v) is 5.22. The number of hydrogen-bond donors (Lipinski definition) is 2. The van der Waals surface area contributed by atoms with Gasteiger partial charge in [-0.15, -0.1) is 0 Å². The largest absolute Gasteiger partial charge is 0.444 e. The predicted molar refractivity (Wildman–Crippen MR) is 158 cm³/mol. The molecular formula is C30H40FN5O5. The van der Waals surface area contributed by atoms with E-state index in [1.54, 1.807) is 46.8 Å². The molecule has 2 N–H and O–H groups in total. The van der Waals surface area contributed by atoms with E-state index in [1.807, 2.05) is 13.8 Å². The highest BCUT2D eigenvalue weighted by molar-refractivity contribution is 5.93. The number of fused-ring (bicyclic) bond motifs is 1. The third-order valence-corrected chi connectivity index (χ3v) is 7.36. The van der Waals surface area contributed by atoms with Gasteiger partial charge in [-0.1, -0.05) is 19.9 Å². The monoisotopic (exact) mass is 569 g/mol. The van der Waals surface area contributed by atoms with Crippen molar-refractivity contribution in [1.82, 2.24) is 19.0 Å². The van der Waals surface area contributed by atoms with Gasteiger partial charge in [-0.3, -0.25) is 23.3 Å². The van der Waals surface area contributed by atoms with E-state index in [4.69, 9.17) is 4.74 Å². The molecule has 0 spiro atoms. The lowest BCUT2D eigenvalue weighted by Crippen LogP contribution is -2.51. The zero-order chi connectivity index (χ0) is 30.4. The molecule has 0 bridgehead atoms. The average molecular weight is 570 g/mol. The van der Waals surface area contributed by atoms with Gasteiger partial charge in [0.2, 0.25) is 0 Å². The minimum Gasteiger partial charge on any atom is -0.444 e. The van der Waals surface area contributed by atoms with Gasteiger partial charge in [0.1, 0.15) is 22.6 Å². The van der Waals surface area contributed by atoms with E-state index >= 15 is 0 Å². The summed E-state index contributed by atoms with van der Waals surface area (Å²) in [5, 5.41) is 5.95. The van der Waals surface area contributed by atoms with Gasteiger partial charge in [0.25, 0.3) is 11.1 Å². The molecule has 1 aromatic carbocycles. The Bertz CT molecular complexity index is 1670. The van der Waals surface area contributed by atoms with Crippen LogP contribution in [0.3, 0.4) is 0 Å². The molecule has 2 aromatic heterocycles. The number of aryl methyl sites for hydroxylation is 2. The summed E-state index contributed by atoms with van der Waals surface area (Å²) in [6.45, 7) is 12.7. The van der Waals surface area contributed by atoms with E-state index in [-0.39, 0.29) is 46.1 Å². The summed E-state index contributed by atoms with van der Waals surface area (Å²) in [5.41, 5.74) is -0.700. The zero-order valence-corrected chi connectivity index (χ0v) is 25.1. The minimum absolute atomic E-state index is 0.112. The van der Waals surface area contributed by atoms with Gasteiger partial charge in [-0.05, 0) is 78.0 Å². The second kappa shape index (κ2) is 11.2. The Labute approximate surface area is 238 Å². The van der Waals surface area contributed by atoms with Crippen LogP contribution in [0.15, 0.2) is 32.6 Å². The molecule has 2 fully saturated rings. The molecule has 2 aliphatic rings. The number of nitrogens with one attached hydrogen (secondary N) is 2. The molecule has 0 saturated heterocycles. The maximum absolute atomic E-state index is 14.8. The predicted octanol–water partition coefficient (Wildman–Crippen LogP) is 4.95.